The molecule has 1 aromatic carbocycles. The molecular formula is C30H25F2N3O6S. The number of pyridine rings is 1. The number of methoxy groups -OCH3 is 1. The molecule has 4 heterocycles. The number of ether oxygens (including phenoxy) is 3. The largest absolute Gasteiger partial charge is 0.513 e. The number of carbonyl (C=O) groups excluding carboxylic acids is 2. The minimum absolute atomic E-state index is 0.108. The number of halogens is 2. The Kier molecular flexibility index (Phi) is 6.10. The average molecular weight is 594 g/mol. The summed E-state index contributed by atoms with van der Waals surface area (Å²) in [6.07, 6.45) is 0.439. The highest BCUT2D eigenvalue weighted by Crippen LogP contribution is 2.53. The van der Waals surface area contributed by atoms with Crippen LogP contribution in [-0.4, -0.2) is 66.5 Å². The van der Waals surface area contributed by atoms with Crippen LogP contribution < -0.4 is 15.2 Å². The monoisotopic (exact) mass is 593 g/mol. The molecule has 0 bridgehead atoms. The molecule has 0 saturated carbocycles. The highest BCUT2D eigenvalue weighted by atomic mass is 32.1. The lowest BCUT2D eigenvalue weighted by Gasteiger charge is -2.52. The second-order valence-electron chi connectivity index (χ2n) is 10.6. The van der Waals surface area contributed by atoms with E-state index < -0.39 is 47.3 Å². The molecule has 4 aliphatic rings. The fourth-order valence-corrected chi connectivity index (χ4v) is 7.21. The van der Waals surface area contributed by atoms with E-state index in [9.17, 15) is 14.4 Å². The number of benzene rings is 1. The van der Waals surface area contributed by atoms with Crippen molar-refractivity contribution >= 4 is 29.0 Å². The number of alkyl halides is 2. The highest BCUT2D eigenvalue weighted by molar-refractivity contribution is 7.14. The fraction of sp³-hybridized carbons (Fsp3) is 0.300. The topological polar surface area (TPSA) is 90.3 Å². The van der Waals surface area contributed by atoms with Crippen molar-refractivity contribution in [2.24, 2.45) is 0 Å². The number of fused-ring (bicyclic) bond motifs is 6. The van der Waals surface area contributed by atoms with Crippen LogP contribution in [0.5, 0.6) is 5.75 Å². The molecule has 2 aliphatic heterocycles. The smallest absolute Gasteiger partial charge is 0.437 e. The fourth-order valence-electron chi connectivity index (χ4n) is 6.25. The van der Waals surface area contributed by atoms with Gasteiger partial charge >= 0.3 is 6.16 Å². The van der Waals surface area contributed by atoms with Crippen LogP contribution in [0.15, 0.2) is 70.5 Å². The maximum absolute atomic E-state index is 16.3. The standard InChI is InChI=1S/C30H25F2N3O6S/c1-30(32)10-7-18-22(27(30)31)19-9-14-42-26(19)17-6-4-3-5-16(17)23(18)35-21-15-40-13-12-33(21)28(37)24-25(41-29(38)39-2)20(36)8-11-34(24)35/h3-11,14,21,23,27H,12-13,15H2,1-2H3. The van der Waals surface area contributed by atoms with Crippen molar-refractivity contribution in [3.8, 4) is 16.2 Å². The maximum Gasteiger partial charge on any atom is 0.513 e. The first kappa shape index (κ1) is 26.6. The van der Waals surface area contributed by atoms with Crippen LogP contribution in [0.25, 0.3) is 16.0 Å². The molecule has 1 fully saturated rings. The Morgan fingerprint density at radius 1 is 1.17 bits per heavy atom. The lowest BCUT2D eigenvalue weighted by molar-refractivity contribution is -0.0197. The molecule has 9 nitrogen and oxygen atoms in total. The maximum atomic E-state index is 16.3. The summed E-state index contributed by atoms with van der Waals surface area (Å²) in [5.41, 5.74) is -0.189. The molecule has 0 radical (unpaired) electrons. The van der Waals surface area contributed by atoms with Crippen molar-refractivity contribution in [1.29, 1.82) is 0 Å². The second kappa shape index (κ2) is 9.63. The molecule has 12 heteroatoms. The Morgan fingerprint density at radius 3 is 2.79 bits per heavy atom. The molecule has 4 atom stereocenters. The third kappa shape index (κ3) is 3.78. The Labute approximate surface area is 242 Å². The zero-order valence-corrected chi connectivity index (χ0v) is 23.4. The lowest BCUT2D eigenvalue weighted by Crippen LogP contribution is -2.66. The highest BCUT2D eigenvalue weighted by Gasteiger charge is 2.50. The summed E-state index contributed by atoms with van der Waals surface area (Å²) in [6, 6.07) is 9.82. The summed E-state index contributed by atoms with van der Waals surface area (Å²) in [5, 5.41) is 3.68. The Bertz CT molecular complexity index is 1760. The Hall–Kier alpha value is -4.29. The molecule has 2 aromatic heterocycles. The van der Waals surface area contributed by atoms with Gasteiger partial charge in [-0.05, 0) is 46.7 Å². The molecule has 3 aromatic rings. The van der Waals surface area contributed by atoms with E-state index in [-0.39, 0.29) is 31.0 Å². The minimum Gasteiger partial charge on any atom is -0.437 e. The molecule has 216 valence electrons. The predicted molar refractivity (Wildman–Crippen MR) is 151 cm³/mol. The van der Waals surface area contributed by atoms with Crippen LogP contribution >= 0.6 is 11.3 Å². The molecular weight excluding hydrogens is 568 g/mol. The zero-order valence-electron chi connectivity index (χ0n) is 22.6. The SMILES string of the molecule is COC(=O)Oc1c2n(ccc1=O)N(C1C3=C(c4ccsc4-c4ccccc41)C(F)C(C)(F)C=C3)C1COCCN1C2=O. The molecule has 42 heavy (non-hydrogen) atoms. The summed E-state index contributed by atoms with van der Waals surface area (Å²) in [6.45, 7) is 1.76. The zero-order chi connectivity index (χ0) is 29.3. The van der Waals surface area contributed by atoms with Gasteiger partial charge in [0.1, 0.15) is 6.17 Å². The first-order chi connectivity index (χ1) is 20.2. The molecule has 1 amide bonds. The van der Waals surface area contributed by atoms with Gasteiger partial charge in [0.25, 0.3) is 5.91 Å². The van der Waals surface area contributed by atoms with Gasteiger partial charge in [-0.2, -0.15) is 0 Å². The van der Waals surface area contributed by atoms with Crippen LogP contribution in [0.2, 0.25) is 0 Å². The summed E-state index contributed by atoms with van der Waals surface area (Å²) in [5.74, 6) is -1.02. The number of hydrogen-bond donors (Lipinski definition) is 0. The van der Waals surface area contributed by atoms with Crippen molar-refractivity contribution < 1.29 is 32.6 Å². The van der Waals surface area contributed by atoms with Gasteiger partial charge in [-0.25, -0.2) is 13.6 Å². The Morgan fingerprint density at radius 2 is 1.98 bits per heavy atom. The summed E-state index contributed by atoms with van der Waals surface area (Å²) in [4.78, 5) is 41.4. The third-order valence-corrected chi connectivity index (χ3v) is 9.12. The predicted octanol–water partition coefficient (Wildman–Crippen LogP) is 4.62. The van der Waals surface area contributed by atoms with Crippen LogP contribution in [0.4, 0.5) is 13.6 Å². The van der Waals surface area contributed by atoms with Gasteiger partial charge in [-0.1, -0.05) is 30.3 Å². The lowest BCUT2D eigenvalue weighted by atomic mass is 9.81. The average Bonchev–Trinajstić information content (AvgIpc) is 3.43. The van der Waals surface area contributed by atoms with E-state index in [2.05, 4.69) is 4.74 Å². The summed E-state index contributed by atoms with van der Waals surface area (Å²) >= 11 is 1.44. The van der Waals surface area contributed by atoms with Crippen LogP contribution in [0, 0.1) is 0 Å². The van der Waals surface area contributed by atoms with Crippen LogP contribution in [0.1, 0.15) is 34.6 Å². The van der Waals surface area contributed by atoms with E-state index in [1.54, 1.807) is 17.0 Å². The molecule has 0 spiro atoms. The van der Waals surface area contributed by atoms with Gasteiger partial charge in [0, 0.05) is 29.3 Å². The number of hydrogen-bond acceptors (Lipinski definition) is 8. The van der Waals surface area contributed by atoms with E-state index in [0.29, 0.717) is 11.1 Å². The number of morpholine rings is 1. The van der Waals surface area contributed by atoms with Gasteiger partial charge in [0.2, 0.25) is 11.2 Å². The van der Waals surface area contributed by atoms with Crippen molar-refractivity contribution in [3.63, 3.8) is 0 Å². The number of aromatic nitrogens is 1. The first-order valence-electron chi connectivity index (χ1n) is 13.3. The van der Waals surface area contributed by atoms with E-state index in [1.807, 2.05) is 34.7 Å². The van der Waals surface area contributed by atoms with E-state index in [1.165, 1.54) is 41.3 Å². The second-order valence-corrected chi connectivity index (χ2v) is 11.5. The quantitative estimate of drug-likeness (QED) is 0.401. The number of carbonyl (C=O) groups is 2. The first-order valence-corrected chi connectivity index (χ1v) is 14.2. The molecule has 0 N–H and O–H groups in total. The van der Waals surface area contributed by atoms with Crippen LogP contribution in [0.3, 0.4) is 0 Å². The number of thiophene rings is 1. The molecule has 2 aliphatic carbocycles. The number of rotatable bonds is 2. The number of nitrogens with zero attached hydrogens (tertiary/aromatic N) is 3. The van der Waals surface area contributed by atoms with Gasteiger partial charge in [0.05, 0.1) is 26.4 Å². The summed E-state index contributed by atoms with van der Waals surface area (Å²) in [7, 11) is 1.10. The van der Waals surface area contributed by atoms with Crippen molar-refractivity contribution in [2.75, 3.05) is 31.9 Å². The van der Waals surface area contributed by atoms with Crippen molar-refractivity contribution in [3.05, 3.63) is 92.7 Å². The van der Waals surface area contributed by atoms with Crippen molar-refractivity contribution in [2.45, 2.75) is 31.0 Å². The molecule has 4 unspecified atom stereocenters. The molecule has 1 saturated heterocycles. The van der Waals surface area contributed by atoms with Gasteiger partial charge in [0.15, 0.2) is 17.5 Å². The molecule has 7 rings (SSSR count). The van der Waals surface area contributed by atoms with Crippen LogP contribution in [-0.2, 0) is 9.47 Å². The van der Waals surface area contributed by atoms with Crippen molar-refractivity contribution in [1.82, 2.24) is 9.58 Å². The minimum atomic E-state index is -2.25. The summed E-state index contributed by atoms with van der Waals surface area (Å²) < 4.78 is 49.0. The Balaban J connectivity index is 1.55. The third-order valence-electron chi connectivity index (χ3n) is 8.17. The number of allylic oxidation sites excluding steroid dienone is 2. The van der Waals surface area contributed by atoms with E-state index in [0.717, 1.165) is 23.1 Å². The van der Waals surface area contributed by atoms with E-state index in [4.69, 9.17) is 9.47 Å². The number of amides is 1. The normalized spacial score (nSPS) is 26.0. The van der Waals surface area contributed by atoms with Gasteiger partial charge in [-0.3, -0.25) is 19.3 Å². The van der Waals surface area contributed by atoms with E-state index >= 15 is 8.78 Å². The van der Waals surface area contributed by atoms with Gasteiger partial charge < -0.3 is 19.1 Å². The van der Waals surface area contributed by atoms with Gasteiger partial charge in [-0.15, -0.1) is 11.3 Å².